The highest BCUT2D eigenvalue weighted by atomic mass is 16.5. The van der Waals surface area contributed by atoms with Crippen LogP contribution in [0, 0.1) is 11.3 Å². The predicted molar refractivity (Wildman–Crippen MR) is 31.1 cm³/mol. The van der Waals surface area contributed by atoms with Crippen molar-refractivity contribution in [1.29, 1.82) is 5.26 Å². The molecule has 0 rings (SSSR count). The summed E-state index contributed by atoms with van der Waals surface area (Å²) < 4.78 is 4.44. The highest BCUT2D eigenvalue weighted by Crippen LogP contribution is 2.10. The van der Waals surface area contributed by atoms with Crippen molar-refractivity contribution in [3.05, 3.63) is 0 Å². The summed E-state index contributed by atoms with van der Waals surface area (Å²) in [5, 5.41) is 8.17. The third-order valence-electron chi connectivity index (χ3n) is 0.823. The van der Waals surface area contributed by atoms with Gasteiger partial charge in [0.05, 0.1) is 12.5 Å². The van der Waals surface area contributed by atoms with Crippen LogP contribution in [0.3, 0.4) is 0 Å². The van der Waals surface area contributed by atoms with Crippen molar-refractivity contribution in [1.82, 2.24) is 0 Å². The molecule has 0 aromatic heterocycles. The minimum absolute atomic E-state index is 0.197. The maximum absolute atomic E-state index is 9.64. The summed E-state index contributed by atoms with van der Waals surface area (Å²) in [5.74, 6) is 0. The largest absolute Gasteiger partial charge is 0.450 e. The summed E-state index contributed by atoms with van der Waals surface area (Å²) in [7, 11) is 0. The third kappa shape index (κ3) is 3.53. The minimum atomic E-state index is -0.684. The molecule has 0 saturated heterocycles. The molecule has 0 atom stereocenters. The third-order valence-corrected chi connectivity index (χ3v) is 0.823. The minimum Gasteiger partial charge on any atom is -0.450 e. The predicted octanol–water partition coefficient (Wildman–Crippen LogP) is 0.762. The summed E-state index contributed by atoms with van der Waals surface area (Å²) in [5.41, 5.74) is -0.684. The lowest BCUT2D eigenvalue weighted by Crippen LogP contribution is -2.22. The van der Waals surface area contributed by atoms with Crippen LogP contribution in [0.2, 0.25) is 0 Å². The van der Waals surface area contributed by atoms with E-state index in [4.69, 9.17) is 5.26 Å². The number of rotatable bonds is 3. The van der Waals surface area contributed by atoms with Crippen molar-refractivity contribution in [3.63, 3.8) is 0 Å². The Labute approximate surface area is 54.2 Å². The van der Waals surface area contributed by atoms with Crippen molar-refractivity contribution in [2.45, 2.75) is 25.9 Å². The van der Waals surface area contributed by atoms with Crippen molar-refractivity contribution >= 4 is 6.47 Å². The van der Waals surface area contributed by atoms with E-state index in [0.29, 0.717) is 0 Å². The normalized spacial score (nSPS) is 9.89. The van der Waals surface area contributed by atoms with Gasteiger partial charge in [0, 0.05) is 0 Å². The van der Waals surface area contributed by atoms with Gasteiger partial charge in [0.1, 0.15) is 5.60 Å². The zero-order chi connectivity index (χ0) is 7.33. The zero-order valence-corrected chi connectivity index (χ0v) is 5.47. The van der Waals surface area contributed by atoms with Gasteiger partial charge >= 0.3 is 6.47 Å². The standard InChI is InChI=1S/C6H8NO2/c1-6(2,3-4-7)9-5-8/h3H2,1-2H3. The monoisotopic (exact) mass is 126 g/mol. The molecule has 0 fully saturated rings. The number of nitrogens with zero attached hydrogens (tertiary/aromatic N) is 1. The molecule has 0 bridgehead atoms. The number of hydrogen-bond acceptors (Lipinski definition) is 3. The Morgan fingerprint density at radius 1 is 1.67 bits per heavy atom. The summed E-state index contributed by atoms with van der Waals surface area (Å²) in [6.07, 6.45) is 0.197. The Bertz CT molecular complexity index is 134. The zero-order valence-electron chi connectivity index (χ0n) is 5.47. The first-order valence-corrected chi connectivity index (χ1v) is 2.54. The molecule has 0 saturated carbocycles. The molecule has 0 aliphatic carbocycles. The maximum atomic E-state index is 9.64. The molecule has 0 heterocycles. The molecule has 49 valence electrons. The van der Waals surface area contributed by atoms with Crippen LogP contribution in [0.1, 0.15) is 20.3 Å². The fourth-order valence-corrected chi connectivity index (χ4v) is 0.339. The van der Waals surface area contributed by atoms with Gasteiger partial charge in [-0.25, -0.2) is 4.79 Å². The van der Waals surface area contributed by atoms with E-state index in [9.17, 15) is 4.79 Å². The number of ether oxygens (including phenoxy) is 1. The fraction of sp³-hybridized carbons (Fsp3) is 0.667. The van der Waals surface area contributed by atoms with Gasteiger partial charge in [0.15, 0.2) is 0 Å². The molecule has 0 N–H and O–H groups in total. The van der Waals surface area contributed by atoms with Gasteiger partial charge in [-0.05, 0) is 13.8 Å². The van der Waals surface area contributed by atoms with Gasteiger partial charge in [0.2, 0.25) is 0 Å². The summed E-state index contributed by atoms with van der Waals surface area (Å²) in [4.78, 5) is 9.64. The van der Waals surface area contributed by atoms with Crippen molar-refractivity contribution < 1.29 is 9.53 Å². The van der Waals surface area contributed by atoms with Crippen LogP contribution in [0.25, 0.3) is 0 Å². The maximum Gasteiger partial charge on any atom is 0.418 e. The fourth-order valence-electron chi connectivity index (χ4n) is 0.339. The molecule has 0 aromatic rings. The molecule has 0 spiro atoms. The highest BCUT2D eigenvalue weighted by Gasteiger charge is 2.17. The van der Waals surface area contributed by atoms with Crippen molar-refractivity contribution in [3.8, 4) is 6.07 Å². The van der Waals surface area contributed by atoms with Crippen LogP contribution in [0.5, 0.6) is 0 Å². The van der Waals surface area contributed by atoms with E-state index in [0.717, 1.165) is 0 Å². The van der Waals surface area contributed by atoms with Crippen LogP contribution in [0.4, 0.5) is 0 Å². The Morgan fingerprint density at radius 3 is 2.56 bits per heavy atom. The van der Waals surface area contributed by atoms with Crippen LogP contribution < -0.4 is 0 Å². The molecule has 0 amide bonds. The quantitative estimate of drug-likeness (QED) is 0.561. The highest BCUT2D eigenvalue weighted by molar-refractivity contribution is 5.39. The number of carbonyl (C=O) groups excluding carboxylic acids is 1. The molecular weight excluding hydrogens is 118 g/mol. The first kappa shape index (κ1) is 7.96. The average Bonchev–Trinajstić information content (AvgIpc) is 1.64. The molecular formula is C6H8NO2. The first-order chi connectivity index (χ1) is 4.12. The molecule has 3 heteroatoms. The molecule has 9 heavy (non-hydrogen) atoms. The average molecular weight is 126 g/mol. The number of hydrogen-bond donors (Lipinski definition) is 0. The van der Waals surface area contributed by atoms with E-state index in [1.807, 2.05) is 6.07 Å². The second kappa shape index (κ2) is 3.08. The Kier molecular flexibility index (Phi) is 2.72. The lowest BCUT2D eigenvalue weighted by molar-refractivity contribution is 0.0943. The number of nitriles is 1. The van der Waals surface area contributed by atoms with Gasteiger partial charge in [-0.2, -0.15) is 5.26 Å². The lowest BCUT2D eigenvalue weighted by atomic mass is 10.1. The molecule has 0 aromatic carbocycles. The molecule has 0 aliphatic heterocycles. The Balaban J connectivity index is 3.73. The lowest BCUT2D eigenvalue weighted by Gasteiger charge is -2.16. The molecule has 1 radical (unpaired) electrons. The summed E-state index contributed by atoms with van der Waals surface area (Å²) in [6.45, 7) is 4.60. The van der Waals surface area contributed by atoms with Crippen molar-refractivity contribution in [2.75, 3.05) is 0 Å². The van der Waals surface area contributed by atoms with E-state index in [1.165, 1.54) is 6.47 Å². The van der Waals surface area contributed by atoms with Crippen LogP contribution in [0.15, 0.2) is 0 Å². The smallest absolute Gasteiger partial charge is 0.418 e. The molecule has 0 unspecified atom stereocenters. The van der Waals surface area contributed by atoms with Gasteiger partial charge < -0.3 is 4.74 Å². The topological polar surface area (TPSA) is 50.1 Å². The SMILES string of the molecule is CC(C)(CC#N)O[C]=O. The van der Waals surface area contributed by atoms with Gasteiger partial charge in [-0.15, -0.1) is 0 Å². The molecule has 0 aliphatic rings. The Hall–Kier alpha value is -1.04. The molecule has 3 nitrogen and oxygen atoms in total. The van der Waals surface area contributed by atoms with Gasteiger partial charge in [0.25, 0.3) is 0 Å². The van der Waals surface area contributed by atoms with Gasteiger partial charge in [-0.1, -0.05) is 0 Å². The van der Waals surface area contributed by atoms with E-state index in [1.54, 1.807) is 13.8 Å². The van der Waals surface area contributed by atoms with E-state index < -0.39 is 5.60 Å². The van der Waals surface area contributed by atoms with Gasteiger partial charge in [-0.3, -0.25) is 0 Å². The Morgan fingerprint density at radius 2 is 2.22 bits per heavy atom. The van der Waals surface area contributed by atoms with Crippen LogP contribution >= 0.6 is 0 Å². The second-order valence-electron chi connectivity index (χ2n) is 2.28. The van der Waals surface area contributed by atoms with Crippen molar-refractivity contribution in [2.24, 2.45) is 0 Å². The van der Waals surface area contributed by atoms with E-state index >= 15 is 0 Å². The van der Waals surface area contributed by atoms with E-state index in [2.05, 4.69) is 4.74 Å². The second-order valence-corrected chi connectivity index (χ2v) is 2.28. The first-order valence-electron chi connectivity index (χ1n) is 2.54. The van der Waals surface area contributed by atoms with Crippen LogP contribution in [-0.4, -0.2) is 12.1 Å². The summed E-state index contributed by atoms with van der Waals surface area (Å²) in [6, 6.07) is 1.89. The van der Waals surface area contributed by atoms with Crippen LogP contribution in [-0.2, 0) is 9.53 Å². The van der Waals surface area contributed by atoms with E-state index in [-0.39, 0.29) is 6.42 Å². The summed E-state index contributed by atoms with van der Waals surface area (Å²) >= 11 is 0.